The molecule has 2 heterocycles. The van der Waals surface area contributed by atoms with E-state index in [1.54, 1.807) is 0 Å². The van der Waals surface area contributed by atoms with Crippen molar-refractivity contribution in [2.75, 3.05) is 39.3 Å². The number of halogens is 2. The average Bonchev–Trinajstić information content (AvgIpc) is 2.67. The topological polar surface area (TPSA) is 72.9 Å². The molecule has 0 spiro atoms. The Morgan fingerprint density at radius 1 is 1.11 bits per heavy atom. The number of aliphatic hydroxyl groups excluding tert-OH is 1. The average molecular weight is 412 g/mol. The number of likely N-dealkylation sites (tertiary alicyclic amines) is 2. The largest absolute Gasteiger partial charge is 0.393 e. The molecule has 28 heavy (non-hydrogen) atoms. The van der Waals surface area contributed by atoms with Crippen molar-refractivity contribution in [1.29, 1.82) is 0 Å². The predicted molar refractivity (Wildman–Crippen MR) is 105 cm³/mol. The number of carbonyl (C=O) groups excluding carboxylic acids is 2. The molecular formula is C20H27ClFN3O3. The maximum Gasteiger partial charge on any atom is 0.251 e. The van der Waals surface area contributed by atoms with E-state index in [4.69, 9.17) is 11.6 Å². The van der Waals surface area contributed by atoms with Crippen LogP contribution in [0.2, 0.25) is 5.02 Å². The van der Waals surface area contributed by atoms with Crippen LogP contribution in [0.5, 0.6) is 0 Å². The highest BCUT2D eigenvalue weighted by Gasteiger charge is 2.25. The molecule has 0 aliphatic carbocycles. The number of carbonyl (C=O) groups is 2. The van der Waals surface area contributed by atoms with Gasteiger partial charge in [-0.25, -0.2) is 4.39 Å². The summed E-state index contributed by atoms with van der Waals surface area (Å²) in [5.41, 5.74) is 0.222. The number of amides is 2. The molecule has 0 unspecified atom stereocenters. The molecule has 2 N–H and O–H groups in total. The summed E-state index contributed by atoms with van der Waals surface area (Å²) < 4.78 is 13.4. The summed E-state index contributed by atoms with van der Waals surface area (Å²) in [6.45, 7) is 3.83. The first-order chi connectivity index (χ1) is 13.4. The zero-order chi connectivity index (χ0) is 20.1. The Labute approximate surface area is 169 Å². The molecule has 2 saturated heterocycles. The van der Waals surface area contributed by atoms with Crippen LogP contribution >= 0.6 is 11.6 Å². The molecule has 2 amide bonds. The van der Waals surface area contributed by atoms with Crippen LogP contribution in [0.1, 0.15) is 36.0 Å². The Morgan fingerprint density at radius 2 is 1.79 bits per heavy atom. The Morgan fingerprint density at radius 3 is 2.43 bits per heavy atom. The quantitative estimate of drug-likeness (QED) is 0.776. The lowest BCUT2D eigenvalue weighted by atomic mass is 9.96. The van der Waals surface area contributed by atoms with Crippen molar-refractivity contribution in [2.24, 2.45) is 5.92 Å². The molecule has 0 saturated carbocycles. The molecule has 2 fully saturated rings. The Hall–Kier alpha value is -1.70. The van der Waals surface area contributed by atoms with Crippen molar-refractivity contribution in [2.45, 2.75) is 31.8 Å². The Kier molecular flexibility index (Phi) is 7.26. The minimum atomic E-state index is -0.529. The van der Waals surface area contributed by atoms with E-state index in [0.717, 1.165) is 25.9 Å². The standard InChI is InChI=1S/C20H27ClFN3O3/c21-16-9-15(10-17(22)11-16)20(28)23-12-14-1-5-24(6-2-14)13-19(27)25-7-3-18(26)4-8-25/h9-11,14,18,26H,1-8,12-13H2,(H,23,28). The summed E-state index contributed by atoms with van der Waals surface area (Å²) in [6, 6.07) is 3.80. The lowest BCUT2D eigenvalue weighted by Crippen LogP contribution is -2.47. The number of piperidine rings is 2. The number of aliphatic hydroxyl groups is 1. The number of hydrogen-bond donors (Lipinski definition) is 2. The lowest BCUT2D eigenvalue weighted by molar-refractivity contribution is -0.134. The van der Waals surface area contributed by atoms with Gasteiger partial charge in [-0.05, 0) is 62.9 Å². The number of hydrogen-bond acceptors (Lipinski definition) is 4. The maximum atomic E-state index is 13.4. The van der Waals surface area contributed by atoms with Gasteiger partial charge in [-0.3, -0.25) is 14.5 Å². The molecule has 2 aliphatic rings. The van der Waals surface area contributed by atoms with E-state index < -0.39 is 5.82 Å². The maximum absolute atomic E-state index is 13.4. The van der Waals surface area contributed by atoms with E-state index in [1.807, 2.05) is 4.90 Å². The molecule has 0 aromatic heterocycles. The van der Waals surface area contributed by atoms with Crippen LogP contribution in [0, 0.1) is 11.7 Å². The lowest BCUT2D eigenvalue weighted by Gasteiger charge is -2.35. The second-order valence-electron chi connectivity index (χ2n) is 7.70. The summed E-state index contributed by atoms with van der Waals surface area (Å²) in [4.78, 5) is 28.6. The smallest absolute Gasteiger partial charge is 0.251 e. The first kappa shape index (κ1) is 21.0. The van der Waals surface area contributed by atoms with Gasteiger partial charge in [0.05, 0.1) is 12.6 Å². The highest BCUT2D eigenvalue weighted by atomic mass is 35.5. The van der Waals surface area contributed by atoms with Gasteiger partial charge in [0.1, 0.15) is 5.82 Å². The van der Waals surface area contributed by atoms with Gasteiger partial charge in [0.25, 0.3) is 5.91 Å². The summed E-state index contributed by atoms with van der Waals surface area (Å²) in [7, 11) is 0. The highest BCUT2D eigenvalue weighted by molar-refractivity contribution is 6.31. The van der Waals surface area contributed by atoms with E-state index >= 15 is 0 Å². The predicted octanol–water partition coefficient (Wildman–Crippen LogP) is 1.90. The molecule has 0 bridgehead atoms. The van der Waals surface area contributed by atoms with Crippen LogP contribution in [0.4, 0.5) is 4.39 Å². The SMILES string of the molecule is O=C(NCC1CCN(CC(=O)N2CCC(O)CC2)CC1)c1cc(F)cc(Cl)c1. The van der Waals surface area contributed by atoms with Crippen LogP contribution in [-0.2, 0) is 4.79 Å². The molecular weight excluding hydrogens is 385 g/mol. The van der Waals surface area contributed by atoms with E-state index in [0.29, 0.717) is 44.9 Å². The molecule has 3 rings (SSSR count). The fourth-order valence-corrected chi connectivity index (χ4v) is 4.00. The Balaban J connectivity index is 1.38. The van der Waals surface area contributed by atoms with Gasteiger partial charge in [0.2, 0.25) is 5.91 Å². The number of nitrogens with zero attached hydrogens (tertiary/aromatic N) is 2. The highest BCUT2D eigenvalue weighted by Crippen LogP contribution is 2.18. The minimum Gasteiger partial charge on any atom is -0.393 e. The van der Waals surface area contributed by atoms with Crippen LogP contribution in [0.25, 0.3) is 0 Å². The summed E-state index contributed by atoms with van der Waals surface area (Å²) >= 11 is 5.79. The van der Waals surface area contributed by atoms with Crippen LogP contribution in [-0.4, -0.2) is 72.1 Å². The molecule has 6 nitrogen and oxygen atoms in total. The van der Waals surface area contributed by atoms with Crippen molar-refractivity contribution in [3.63, 3.8) is 0 Å². The summed E-state index contributed by atoms with van der Waals surface area (Å²) in [5.74, 6) is -0.392. The van der Waals surface area contributed by atoms with Gasteiger partial charge >= 0.3 is 0 Å². The molecule has 1 aromatic carbocycles. The molecule has 154 valence electrons. The van der Waals surface area contributed by atoms with E-state index in [2.05, 4.69) is 10.2 Å². The van der Waals surface area contributed by atoms with Crippen LogP contribution in [0.15, 0.2) is 18.2 Å². The third kappa shape index (κ3) is 5.90. The fraction of sp³-hybridized carbons (Fsp3) is 0.600. The first-order valence-corrected chi connectivity index (χ1v) is 10.2. The van der Waals surface area contributed by atoms with Gasteiger partial charge in [-0.2, -0.15) is 0 Å². The van der Waals surface area contributed by atoms with Crippen LogP contribution < -0.4 is 5.32 Å². The van der Waals surface area contributed by atoms with Crippen LogP contribution in [0.3, 0.4) is 0 Å². The molecule has 0 radical (unpaired) electrons. The first-order valence-electron chi connectivity index (χ1n) is 9.83. The minimum absolute atomic E-state index is 0.127. The monoisotopic (exact) mass is 411 g/mol. The van der Waals surface area contributed by atoms with Crippen molar-refractivity contribution in [1.82, 2.24) is 15.1 Å². The molecule has 0 atom stereocenters. The second-order valence-corrected chi connectivity index (χ2v) is 8.14. The third-order valence-corrected chi connectivity index (χ3v) is 5.78. The van der Waals surface area contributed by atoms with Gasteiger partial charge < -0.3 is 15.3 Å². The number of nitrogens with one attached hydrogen (secondary N) is 1. The molecule has 8 heteroatoms. The van der Waals surface area contributed by atoms with Gasteiger partial charge in [-0.15, -0.1) is 0 Å². The number of benzene rings is 1. The van der Waals surface area contributed by atoms with Crippen molar-refractivity contribution in [3.05, 3.63) is 34.6 Å². The van der Waals surface area contributed by atoms with Crippen molar-refractivity contribution < 1.29 is 19.1 Å². The fourth-order valence-electron chi connectivity index (χ4n) is 3.78. The third-order valence-electron chi connectivity index (χ3n) is 5.56. The molecule has 1 aromatic rings. The summed E-state index contributed by atoms with van der Waals surface area (Å²) in [5, 5.41) is 12.6. The zero-order valence-corrected chi connectivity index (χ0v) is 16.6. The number of rotatable bonds is 5. The second kappa shape index (κ2) is 9.67. The van der Waals surface area contributed by atoms with E-state index in [9.17, 15) is 19.1 Å². The molecule has 2 aliphatic heterocycles. The van der Waals surface area contributed by atoms with Gasteiger partial charge in [-0.1, -0.05) is 11.6 Å². The summed E-state index contributed by atoms with van der Waals surface area (Å²) in [6.07, 6.45) is 2.83. The zero-order valence-electron chi connectivity index (χ0n) is 15.9. The Bertz CT molecular complexity index is 682. The van der Waals surface area contributed by atoms with Crippen molar-refractivity contribution >= 4 is 23.4 Å². The normalized spacial score (nSPS) is 19.6. The van der Waals surface area contributed by atoms with Gasteiger partial charge in [0, 0.05) is 30.2 Å². The van der Waals surface area contributed by atoms with E-state index in [-0.39, 0.29) is 28.5 Å². The van der Waals surface area contributed by atoms with Crippen molar-refractivity contribution in [3.8, 4) is 0 Å². The van der Waals surface area contributed by atoms with E-state index in [1.165, 1.54) is 18.2 Å². The van der Waals surface area contributed by atoms with Gasteiger partial charge in [0.15, 0.2) is 0 Å².